The van der Waals surface area contributed by atoms with E-state index in [4.69, 9.17) is 44.9 Å². The number of unbranched alkanes of at least 4 members (excludes halogenated alkanes) is 2. The maximum absolute atomic E-state index is 14.8. The summed E-state index contributed by atoms with van der Waals surface area (Å²) in [7, 11) is 1.18. The Morgan fingerprint density at radius 3 is 1.39 bits per heavy atom. The van der Waals surface area contributed by atoms with Gasteiger partial charge < -0.3 is 108 Å². The normalized spacial score (nSPS) is 16.3. The van der Waals surface area contributed by atoms with Gasteiger partial charge in [0.15, 0.2) is 5.96 Å². The molecule has 36 nitrogen and oxygen atoms in total. The molecule has 2 aliphatic rings. The minimum absolute atomic E-state index is 0.0581. The summed E-state index contributed by atoms with van der Waals surface area (Å²) in [5.74, 6) is -11.7. The van der Waals surface area contributed by atoms with Crippen LogP contribution in [0, 0.1) is 5.92 Å². The van der Waals surface area contributed by atoms with E-state index >= 15 is 0 Å². The van der Waals surface area contributed by atoms with Crippen LogP contribution in [-0.4, -0.2) is 236 Å². The number of hydrogen-bond donors (Lipinski definition) is 17. The van der Waals surface area contributed by atoms with Gasteiger partial charge in [0.25, 0.3) is 0 Å². The molecule has 109 heavy (non-hydrogen) atoms. The molecular formula is C72H114N20O16S. The van der Waals surface area contributed by atoms with Gasteiger partial charge in [0.1, 0.15) is 60.4 Å². The molecule has 0 aliphatic carbocycles. The average molecular weight is 1550 g/mol. The first-order valence-electron chi connectivity index (χ1n) is 37.0. The van der Waals surface area contributed by atoms with Crippen LogP contribution in [0.4, 0.5) is 0 Å². The average Bonchev–Trinajstić information content (AvgIpc) is 1.72. The summed E-state index contributed by atoms with van der Waals surface area (Å²) in [6.07, 6.45) is 3.94. The third-order valence-corrected chi connectivity index (χ3v) is 18.8. The molecular weight excluding hydrogens is 1430 g/mol. The molecule has 2 aromatic carbocycles. The van der Waals surface area contributed by atoms with Gasteiger partial charge in [0.05, 0.1) is 26.2 Å². The van der Waals surface area contributed by atoms with Gasteiger partial charge in [-0.1, -0.05) is 74.5 Å². The molecule has 11 atom stereocenters. The van der Waals surface area contributed by atoms with Gasteiger partial charge in [-0.3, -0.25) is 72.1 Å². The first kappa shape index (κ1) is 91.4. The molecule has 0 radical (unpaired) electrons. The lowest BCUT2D eigenvalue weighted by Gasteiger charge is -2.32. The van der Waals surface area contributed by atoms with Crippen molar-refractivity contribution in [2.45, 2.75) is 209 Å². The molecule has 0 spiro atoms. The highest BCUT2D eigenvalue weighted by Gasteiger charge is 2.43. The summed E-state index contributed by atoms with van der Waals surface area (Å²) in [5.41, 5.74) is 40.7. The number of benzene rings is 2. The predicted octanol–water partition coefficient (Wildman–Crippen LogP) is -4.29. The fraction of sp³-hybridized carbons (Fsp3) is 0.611. The molecule has 604 valence electrons. The van der Waals surface area contributed by atoms with Gasteiger partial charge in [-0.15, -0.1) is 0 Å². The van der Waals surface area contributed by atoms with Crippen LogP contribution in [-0.2, 0) is 89.5 Å². The van der Waals surface area contributed by atoms with E-state index in [0.717, 1.165) is 0 Å². The topological polar surface area (TPSA) is 587 Å². The Hall–Kier alpha value is -10.0. The van der Waals surface area contributed by atoms with E-state index in [1.165, 1.54) is 28.7 Å². The first-order valence-corrected chi connectivity index (χ1v) is 38.4. The van der Waals surface area contributed by atoms with E-state index in [9.17, 15) is 71.9 Å². The summed E-state index contributed by atoms with van der Waals surface area (Å²) < 4.78 is 4.82. The number of ether oxygens (including phenoxy) is 1. The van der Waals surface area contributed by atoms with E-state index in [2.05, 4.69) is 58.2 Å². The van der Waals surface area contributed by atoms with E-state index in [1.54, 1.807) is 80.8 Å². The van der Waals surface area contributed by atoms with Crippen molar-refractivity contribution in [3.63, 3.8) is 0 Å². The Morgan fingerprint density at radius 2 is 0.917 bits per heavy atom. The zero-order chi connectivity index (χ0) is 80.5. The number of methoxy groups -OCH3 is 1. The van der Waals surface area contributed by atoms with Crippen LogP contribution in [0.15, 0.2) is 65.7 Å². The van der Waals surface area contributed by atoms with Crippen molar-refractivity contribution in [3.8, 4) is 0 Å². The lowest BCUT2D eigenvalue weighted by atomic mass is 10.0. The predicted molar refractivity (Wildman–Crippen MR) is 406 cm³/mol. The zero-order valence-corrected chi connectivity index (χ0v) is 63.6. The number of esters is 1. The number of hydrogen-bond acceptors (Lipinski definition) is 21. The fourth-order valence-corrected chi connectivity index (χ4v) is 12.9. The lowest BCUT2D eigenvalue weighted by Crippen LogP contribution is -2.60. The molecule has 4 rings (SSSR count). The van der Waals surface area contributed by atoms with Gasteiger partial charge in [0.2, 0.25) is 82.7 Å². The smallest absolute Gasteiger partial charge is 0.328 e. The second kappa shape index (κ2) is 49.1. The van der Waals surface area contributed by atoms with E-state index < -0.39 is 194 Å². The molecule has 37 heteroatoms. The standard InChI is InChI=1S/C72H114N20O16S/c1-43(2)38-52(65(101)86-49(31-37-109-4)61(97)81-41-59(95)83-51(71(107)108-3)24-12-14-33-74)84-60(96)42-82-62(98)53(39-44-18-7-5-8-19-44)89-66(102)54(40-45-20-9-6-10-21-45)90-64(100)47(27-29-57(76)93)85-63(99)48(28-30-58(77)94)87-67(103)56-26-17-36-92(56)70(106)50(23-11-13-32-73)88-68(104)55-25-16-35-91(55)69(105)46(75)22-15-34-80-72(78)79/h5-10,18-21,43,46-56H,11-17,22-42,73-75H2,1-4H3,(H2,76,93)(H2,77,94)(H,81,97)(H,82,98)(H,83,95)(H,84,96)(H,85,99)(H,86,101)(H,87,103)(H,88,104)(H,89,102)(H,90,100)(H4,78,79,80)/t46-,47-,48-,49-,50-,51-,52-,53-,54-,55-,56-/m0/s1. The van der Waals surface area contributed by atoms with Crippen molar-refractivity contribution in [3.05, 3.63) is 71.8 Å². The van der Waals surface area contributed by atoms with Gasteiger partial charge in [-0.25, -0.2) is 4.79 Å². The van der Waals surface area contributed by atoms with Crippen LogP contribution in [0.5, 0.6) is 0 Å². The van der Waals surface area contributed by atoms with Crippen molar-refractivity contribution < 1.29 is 76.7 Å². The SMILES string of the molecule is COC(=O)[C@H](CCCCN)NC(=O)CNC(=O)[C@H](CCSC)NC(=O)[C@H](CC(C)C)NC(=O)CNC(=O)[C@H](Cc1ccccc1)NC(=O)[C@H](Cc1ccccc1)NC(=O)[C@H](CCC(N)=O)NC(=O)[C@H](CCC(N)=O)NC(=O)[C@@H]1CCCN1C(=O)[C@H](CCCCN)NC(=O)[C@@H]1CCCN1C(=O)[C@@H](N)CCCN=C(N)N. The highest BCUT2D eigenvalue weighted by Crippen LogP contribution is 2.24. The molecule has 2 saturated heterocycles. The van der Waals surface area contributed by atoms with Crippen LogP contribution in [0.2, 0.25) is 0 Å². The van der Waals surface area contributed by atoms with E-state index in [-0.39, 0.29) is 95.8 Å². The second-order valence-electron chi connectivity index (χ2n) is 27.4. The maximum Gasteiger partial charge on any atom is 0.328 e. The Morgan fingerprint density at radius 1 is 0.495 bits per heavy atom. The summed E-state index contributed by atoms with van der Waals surface area (Å²) in [4.78, 5) is 213. The number of nitrogens with one attached hydrogen (secondary N) is 10. The largest absolute Gasteiger partial charge is 0.467 e. The number of likely N-dealkylation sites (tertiary alicyclic amines) is 2. The molecule has 2 fully saturated rings. The Bertz CT molecular complexity index is 3390. The Balaban J connectivity index is 1.55. The molecule has 0 aromatic heterocycles. The van der Waals surface area contributed by atoms with E-state index in [1.807, 2.05) is 0 Å². The summed E-state index contributed by atoms with van der Waals surface area (Å²) >= 11 is 1.39. The third-order valence-electron chi connectivity index (χ3n) is 18.2. The Kier molecular flexibility index (Phi) is 41.2. The minimum atomic E-state index is -1.68. The van der Waals surface area contributed by atoms with Crippen molar-refractivity contribution in [1.82, 2.24) is 63.0 Å². The van der Waals surface area contributed by atoms with Gasteiger partial charge >= 0.3 is 5.97 Å². The number of nitrogens with zero attached hydrogens (tertiary/aromatic N) is 3. The molecule has 0 saturated carbocycles. The quantitative estimate of drug-likeness (QED) is 0.0129. The maximum atomic E-state index is 14.8. The van der Waals surface area contributed by atoms with Crippen LogP contribution in [0.3, 0.4) is 0 Å². The highest BCUT2D eigenvalue weighted by atomic mass is 32.2. The number of amides is 14. The molecule has 0 bridgehead atoms. The van der Waals surface area contributed by atoms with E-state index in [0.29, 0.717) is 68.4 Å². The number of thioether (sulfide) groups is 1. The number of carbonyl (C=O) groups excluding carboxylic acids is 15. The van der Waals surface area contributed by atoms with Crippen LogP contribution >= 0.6 is 11.8 Å². The van der Waals surface area contributed by atoms with Crippen LogP contribution in [0.1, 0.15) is 141 Å². The van der Waals surface area contributed by atoms with Crippen molar-refractivity contribution in [2.75, 3.05) is 64.9 Å². The number of aliphatic imine (C=N–C) groups is 1. The van der Waals surface area contributed by atoms with Crippen molar-refractivity contribution in [1.29, 1.82) is 0 Å². The lowest BCUT2D eigenvalue weighted by molar-refractivity contribution is -0.145. The van der Waals surface area contributed by atoms with Gasteiger partial charge in [0, 0.05) is 45.3 Å². The molecule has 2 heterocycles. The number of nitrogens with two attached hydrogens (primary N) is 7. The number of carbonyl (C=O) groups is 15. The molecule has 0 unspecified atom stereocenters. The van der Waals surface area contributed by atoms with Crippen LogP contribution < -0.4 is 93.3 Å². The monoisotopic (exact) mass is 1550 g/mol. The summed E-state index contributed by atoms with van der Waals surface area (Å²) in [6, 6.07) is 2.84. The molecule has 24 N–H and O–H groups in total. The molecule has 14 amide bonds. The third kappa shape index (κ3) is 33.2. The zero-order valence-electron chi connectivity index (χ0n) is 62.8. The Labute approximate surface area is 639 Å². The van der Waals surface area contributed by atoms with Crippen molar-refractivity contribution >= 4 is 106 Å². The summed E-state index contributed by atoms with van der Waals surface area (Å²) in [6.45, 7) is 3.51. The highest BCUT2D eigenvalue weighted by molar-refractivity contribution is 7.98. The van der Waals surface area contributed by atoms with Gasteiger partial charge in [-0.2, -0.15) is 11.8 Å². The van der Waals surface area contributed by atoms with Crippen molar-refractivity contribution in [2.24, 2.45) is 51.0 Å². The number of primary amides is 2. The summed E-state index contributed by atoms with van der Waals surface area (Å²) in [5, 5.41) is 26.2. The number of rotatable bonds is 50. The minimum Gasteiger partial charge on any atom is -0.467 e. The fourth-order valence-electron chi connectivity index (χ4n) is 12.4. The molecule has 2 aromatic rings. The van der Waals surface area contributed by atoms with Gasteiger partial charge in [-0.05, 0) is 145 Å². The number of guanidine groups is 1. The first-order chi connectivity index (χ1) is 52.0. The molecule has 2 aliphatic heterocycles. The second-order valence-corrected chi connectivity index (χ2v) is 28.4. The van der Waals surface area contributed by atoms with Crippen LogP contribution in [0.25, 0.3) is 0 Å².